The molecular formula is C21H19F2N3O2. The first-order valence-electron chi connectivity index (χ1n) is 8.93. The maximum atomic E-state index is 14.2. The van der Waals surface area contributed by atoms with Gasteiger partial charge >= 0.3 is 0 Å². The number of aromatic nitrogens is 3. The Morgan fingerprint density at radius 2 is 2.00 bits per heavy atom. The van der Waals surface area contributed by atoms with Crippen LogP contribution in [0.5, 0.6) is 5.75 Å². The lowest BCUT2D eigenvalue weighted by atomic mass is 10.1. The molecule has 0 atom stereocenters. The highest BCUT2D eigenvalue weighted by Crippen LogP contribution is 2.30. The van der Waals surface area contributed by atoms with Gasteiger partial charge in [-0.25, -0.2) is 13.8 Å². The van der Waals surface area contributed by atoms with E-state index in [0.717, 1.165) is 22.9 Å². The van der Waals surface area contributed by atoms with Crippen molar-refractivity contribution in [1.82, 2.24) is 14.5 Å². The van der Waals surface area contributed by atoms with E-state index >= 15 is 0 Å². The molecule has 0 aliphatic carbocycles. The molecule has 0 saturated carbocycles. The van der Waals surface area contributed by atoms with Gasteiger partial charge in [0.1, 0.15) is 17.1 Å². The van der Waals surface area contributed by atoms with Gasteiger partial charge < -0.3 is 14.3 Å². The van der Waals surface area contributed by atoms with Crippen molar-refractivity contribution in [3.05, 3.63) is 69.8 Å². The van der Waals surface area contributed by atoms with Gasteiger partial charge in [0.2, 0.25) is 5.56 Å². The summed E-state index contributed by atoms with van der Waals surface area (Å²) >= 11 is 0. The Kier molecular flexibility index (Phi) is 4.37. The minimum Gasteiger partial charge on any atom is -0.494 e. The van der Waals surface area contributed by atoms with Crippen molar-refractivity contribution in [3.63, 3.8) is 0 Å². The summed E-state index contributed by atoms with van der Waals surface area (Å²) in [4.78, 5) is 19.2. The van der Waals surface area contributed by atoms with Crippen LogP contribution in [0.3, 0.4) is 0 Å². The predicted molar refractivity (Wildman–Crippen MR) is 104 cm³/mol. The van der Waals surface area contributed by atoms with Gasteiger partial charge in [-0.15, -0.1) is 0 Å². The molecule has 28 heavy (non-hydrogen) atoms. The maximum absolute atomic E-state index is 14.2. The molecule has 5 nitrogen and oxygen atoms in total. The number of ether oxygens (including phenoxy) is 1. The zero-order chi connectivity index (χ0) is 20.0. The number of rotatable bonds is 4. The molecule has 0 unspecified atom stereocenters. The molecule has 1 N–H and O–H groups in total. The third-order valence-corrected chi connectivity index (χ3v) is 4.83. The molecule has 4 aromatic rings. The second-order valence-electron chi connectivity index (χ2n) is 6.98. The fraction of sp³-hybridized carbons (Fsp3) is 0.238. The number of hydrogen-bond acceptors (Lipinski definition) is 3. The van der Waals surface area contributed by atoms with E-state index < -0.39 is 17.2 Å². The van der Waals surface area contributed by atoms with Crippen LogP contribution < -0.4 is 10.3 Å². The van der Waals surface area contributed by atoms with Crippen LogP contribution in [0.15, 0.2) is 41.2 Å². The summed E-state index contributed by atoms with van der Waals surface area (Å²) in [6.07, 6.45) is 0. The van der Waals surface area contributed by atoms with Crippen LogP contribution in [0, 0.1) is 11.6 Å². The van der Waals surface area contributed by atoms with Crippen molar-refractivity contribution in [2.45, 2.75) is 26.3 Å². The molecule has 0 amide bonds. The third kappa shape index (κ3) is 2.83. The monoisotopic (exact) mass is 383 g/mol. The first-order valence-corrected chi connectivity index (χ1v) is 8.93. The highest BCUT2D eigenvalue weighted by molar-refractivity contribution is 5.85. The number of para-hydroxylation sites is 1. The molecule has 2 heterocycles. The molecule has 2 aromatic carbocycles. The van der Waals surface area contributed by atoms with E-state index in [1.165, 1.54) is 12.1 Å². The largest absolute Gasteiger partial charge is 0.494 e. The molecule has 0 radical (unpaired) electrons. The number of halogens is 2. The second kappa shape index (κ2) is 6.74. The second-order valence-corrected chi connectivity index (χ2v) is 6.98. The number of imidazole rings is 1. The van der Waals surface area contributed by atoms with E-state index in [1.807, 2.05) is 36.6 Å². The van der Waals surface area contributed by atoms with E-state index in [9.17, 15) is 13.6 Å². The number of benzene rings is 2. The Labute approximate surface area is 159 Å². The Hall–Kier alpha value is -3.22. The van der Waals surface area contributed by atoms with E-state index in [1.54, 1.807) is 7.11 Å². The summed E-state index contributed by atoms with van der Waals surface area (Å²) in [6.45, 7) is 4.34. The summed E-state index contributed by atoms with van der Waals surface area (Å²) in [7, 11) is 1.59. The van der Waals surface area contributed by atoms with Gasteiger partial charge in [0, 0.05) is 17.4 Å². The fourth-order valence-electron chi connectivity index (χ4n) is 3.55. The first-order chi connectivity index (χ1) is 13.4. The van der Waals surface area contributed by atoms with Gasteiger partial charge in [-0.1, -0.05) is 19.9 Å². The predicted octanol–water partition coefficient (Wildman–Crippen LogP) is 4.34. The highest BCUT2D eigenvalue weighted by atomic mass is 19.2. The number of methoxy groups -OCH3 is 1. The average Bonchev–Trinajstić information content (AvgIpc) is 3.04. The summed E-state index contributed by atoms with van der Waals surface area (Å²) < 4.78 is 35.2. The first kappa shape index (κ1) is 18.2. The highest BCUT2D eigenvalue weighted by Gasteiger charge is 2.19. The van der Waals surface area contributed by atoms with Crippen molar-refractivity contribution in [2.75, 3.05) is 7.11 Å². The minimum absolute atomic E-state index is 0.111. The van der Waals surface area contributed by atoms with Crippen LogP contribution in [0.4, 0.5) is 8.78 Å². The molecule has 0 spiro atoms. The summed E-state index contributed by atoms with van der Waals surface area (Å²) in [5.41, 5.74) is 1.54. The van der Waals surface area contributed by atoms with Gasteiger partial charge in [-0.05, 0) is 29.8 Å². The number of nitrogens with zero attached hydrogens (tertiary/aromatic N) is 2. The van der Waals surface area contributed by atoms with Crippen LogP contribution in [-0.4, -0.2) is 21.6 Å². The van der Waals surface area contributed by atoms with Crippen molar-refractivity contribution in [3.8, 4) is 5.75 Å². The van der Waals surface area contributed by atoms with Gasteiger partial charge in [-0.2, -0.15) is 0 Å². The van der Waals surface area contributed by atoms with Crippen molar-refractivity contribution >= 4 is 21.9 Å². The smallest absolute Gasteiger partial charge is 0.248 e. The zero-order valence-corrected chi connectivity index (χ0v) is 15.7. The van der Waals surface area contributed by atoms with Gasteiger partial charge in [-0.3, -0.25) is 4.79 Å². The average molecular weight is 383 g/mol. The Balaban J connectivity index is 1.97. The Morgan fingerprint density at radius 1 is 1.21 bits per heavy atom. The molecule has 0 aliphatic heterocycles. The van der Waals surface area contributed by atoms with Gasteiger partial charge in [0.05, 0.1) is 24.7 Å². The Bertz CT molecular complexity index is 1260. The van der Waals surface area contributed by atoms with Gasteiger partial charge in [0.25, 0.3) is 0 Å². The van der Waals surface area contributed by atoms with Crippen molar-refractivity contribution < 1.29 is 13.5 Å². The Morgan fingerprint density at radius 3 is 2.71 bits per heavy atom. The lowest BCUT2D eigenvalue weighted by molar-refractivity contribution is 0.419. The number of hydrogen-bond donors (Lipinski definition) is 1. The number of fused-ring (bicyclic) bond motifs is 2. The molecule has 144 valence electrons. The number of nitrogens with one attached hydrogen (secondary N) is 1. The molecule has 0 saturated heterocycles. The molecule has 2 aromatic heterocycles. The molecular weight excluding hydrogens is 364 g/mol. The van der Waals surface area contributed by atoms with E-state index in [2.05, 4.69) is 4.98 Å². The van der Waals surface area contributed by atoms with E-state index in [-0.39, 0.29) is 11.4 Å². The SMILES string of the molecule is COc1cccc2c1nc(C(C)C)n2Cc1cc(=O)[nH]c2c(F)c(F)ccc12. The van der Waals surface area contributed by atoms with Gasteiger partial charge in [0.15, 0.2) is 11.6 Å². The molecule has 7 heteroatoms. The molecule has 4 rings (SSSR count). The topological polar surface area (TPSA) is 59.9 Å². The minimum atomic E-state index is -1.06. The molecule has 0 bridgehead atoms. The lowest BCUT2D eigenvalue weighted by Crippen LogP contribution is -2.12. The van der Waals surface area contributed by atoms with Crippen LogP contribution >= 0.6 is 0 Å². The zero-order valence-electron chi connectivity index (χ0n) is 15.7. The van der Waals surface area contributed by atoms with Crippen LogP contribution in [0.2, 0.25) is 0 Å². The number of H-pyrrole nitrogens is 1. The number of aromatic amines is 1. The lowest BCUT2D eigenvalue weighted by Gasteiger charge is -2.13. The van der Waals surface area contributed by atoms with Crippen molar-refractivity contribution in [1.29, 1.82) is 0 Å². The van der Waals surface area contributed by atoms with Crippen molar-refractivity contribution in [2.24, 2.45) is 0 Å². The maximum Gasteiger partial charge on any atom is 0.248 e. The normalized spacial score (nSPS) is 11.6. The number of pyridine rings is 1. The molecule has 0 fully saturated rings. The third-order valence-electron chi connectivity index (χ3n) is 4.83. The van der Waals surface area contributed by atoms with Crippen LogP contribution in [0.1, 0.15) is 31.2 Å². The van der Waals surface area contributed by atoms with Crippen LogP contribution in [-0.2, 0) is 6.54 Å². The van der Waals surface area contributed by atoms with E-state index in [4.69, 9.17) is 9.72 Å². The summed E-state index contributed by atoms with van der Waals surface area (Å²) in [5, 5.41) is 0.456. The van der Waals surface area contributed by atoms with E-state index in [0.29, 0.717) is 23.2 Å². The van der Waals surface area contributed by atoms with Crippen LogP contribution in [0.25, 0.3) is 21.9 Å². The fourth-order valence-corrected chi connectivity index (χ4v) is 3.55. The molecule has 0 aliphatic rings. The summed E-state index contributed by atoms with van der Waals surface area (Å²) in [5.74, 6) is -0.476. The quantitative estimate of drug-likeness (QED) is 0.570. The summed E-state index contributed by atoms with van der Waals surface area (Å²) in [6, 6.07) is 9.59. The standard InChI is InChI=1S/C21H19F2N3O2/c1-11(2)21-25-20-15(5-4-6-16(20)28-3)26(21)10-12-9-17(27)24-19-13(12)7-8-14(22)18(19)23/h4-9,11H,10H2,1-3H3,(H,24,27).